The average Bonchev–Trinajstić information content (AvgIpc) is 3.17. The van der Waals surface area contributed by atoms with Gasteiger partial charge in [-0.3, -0.25) is 20.4 Å². The molecular weight excluding hydrogens is 698 g/mol. The molecule has 0 bridgehead atoms. The molecule has 0 amide bonds. The van der Waals surface area contributed by atoms with Gasteiger partial charge in [0.2, 0.25) is 0 Å². The number of hydrogen-bond donors (Lipinski definition) is 4. The van der Waals surface area contributed by atoms with Gasteiger partial charge in [-0.05, 0) is 101 Å². The first-order valence-electron chi connectivity index (χ1n) is 19.6. The summed E-state index contributed by atoms with van der Waals surface area (Å²) in [5.41, 5.74) is 14.5. The van der Waals surface area contributed by atoms with E-state index in [2.05, 4.69) is 87.7 Å². The molecule has 5 rings (SSSR count). The van der Waals surface area contributed by atoms with Crippen LogP contribution in [0.4, 0.5) is 4.39 Å². The van der Waals surface area contributed by atoms with E-state index in [-0.39, 0.29) is 11.4 Å². The van der Waals surface area contributed by atoms with Gasteiger partial charge in [-0.1, -0.05) is 69.9 Å². The zero-order valence-corrected chi connectivity index (χ0v) is 34.7. The molecule has 9 nitrogen and oxygen atoms in total. The van der Waals surface area contributed by atoms with Gasteiger partial charge in [0.05, 0.1) is 33.9 Å². The second-order valence-electron chi connectivity index (χ2n) is 14.6. The number of rotatable bonds is 15. The van der Waals surface area contributed by atoms with Crippen LogP contribution < -0.4 is 16.4 Å². The lowest BCUT2D eigenvalue weighted by Crippen LogP contribution is -2.65. The number of nitrogens with one attached hydrogen (secondary N) is 3. The third kappa shape index (κ3) is 14.1. The summed E-state index contributed by atoms with van der Waals surface area (Å²) in [5, 5.41) is 14.6. The summed E-state index contributed by atoms with van der Waals surface area (Å²) >= 11 is 0. The number of halogens is 1. The minimum Gasteiger partial charge on any atom is -0.381 e. The molecule has 0 atom stereocenters. The predicted octanol–water partition coefficient (Wildman–Crippen LogP) is 8.86. The van der Waals surface area contributed by atoms with Crippen molar-refractivity contribution in [2.45, 2.75) is 72.9 Å². The summed E-state index contributed by atoms with van der Waals surface area (Å²) in [7, 11) is 2.19. The summed E-state index contributed by atoms with van der Waals surface area (Å²) in [4.78, 5) is 17.6. The van der Waals surface area contributed by atoms with E-state index >= 15 is 0 Å². The van der Waals surface area contributed by atoms with Crippen LogP contribution in [0, 0.1) is 11.3 Å². The van der Waals surface area contributed by atoms with E-state index in [4.69, 9.17) is 11.1 Å². The summed E-state index contributed by atoms with van der Waals surface area (Å²) in [6.07, 6.45) is 25.2. The Labute approximate surface area is 335 Å². The number of likely N-dealkylation sites (tertiary alicyclic amines) is 2. The van der Waals surface area contributed by atoms with Gasteiger partial charge in [-0.15, -0.1) is 0 Å². The molecule has 3 heterocycles. The van der Waals surface area contributed by atoms with Crippen LogP contribution in [-0.2, 0) is 6.54 Å². The summed E-state index contributed by atoms with van der Waals surface area (Å²) in [5.74, 6) is 0.692. The topological polar surface area (TPSA) is 119 Å². The number of hydrogen-bond acceptors (Lipinski definition) is 9. The molecule has 5 N–H and O–H groups in total. The molecule has 56 heavy (non-hydrogen) atoms. The van der Waals surface area contributed by atoms with E-state index in [1.165, 1.54) is 32.0 Å². The molecule has 1 aromatic carbocycles. The first kappa shape index (κ1) is 45.2. The minimum absolute atomic E-state index is 0.115. The molecule has 300 valence electrons. The smallest absolute Gasteiger partial charge is 0.127 e. The number of fused-ring (bicyclic) bond motifs is 1. The molecule has 0 spiro atoms. The van der Waals surface area contributed by atoms with Crippen molar-refractivity contribution >= 4 is 22.5 Å². The summed E-state index contributed by atoms with van der Waals surface area (Å²) in [6.45, 7) is 24.9. The highest BCUT2D eigenvalue weighted by atomic mass is 19.1. The molecule has 0 radical (unpaired) electrons. The van der Waals surface area contributed by atoms with Crippen molar-refractivity contribution in [2.24, 2.45) is 16.6 Å². The number of benzene rings is 1. The van der Waals surface area contributed by atoms with Crippen LogP contribution in [-0.4, -0.2) is 76.5 Å². The number of aliphatic imine (C=N–C) groups is 1. The van der Waals surface area contributed by atoms with Gasteiger partial charge in [0.1, 0.15) is 5.83 Å². The lowest BCUT2D eigenvalue weighted by Gasteiger charge is -2.48. The largest absolute Gasteiger partial charge is 0.381 e. The fourth-order valence-corrected chi connectivity index (χ4v) is 6.51. The van der Waals surface area contributed by atoms with Crippen LogP contribution in [0.1, 0.15) is 66.4 Å². The highest BCUT2D eigenvalue weighted by Gasteiger charge is 2.36. The fourth-order valence-electron chi connectivity index (χ4n) is 6.51. The Morgan fingerprint density at radius 2 is 1.73 bits per heavy atom. The highest BCUT2D eigenvalue weighted by Crippen LogP contribution is 2.26. The van der Waals surface area contributed by atoms with E-state index in [9.17, 15) is 4.39 Å². The Kier molecular flexibility index (Phi) is 18.6. The van der Waals surface area contributed by atoms with Crippen LogP contribution in [0.25, 0.3) is 11.0 Å². The summed E-state index contributed by atoms with van der Waals surface area (Å²) in [6, 6.07) is 6.15. The van der Waals surface area contributed by atoms with Gasteiger partial charge in [0, 0.05) is 74.7 Å². The van der Waals surface area contributed by atoms with Gasteiger partial charge in [0.15, 0.2) is 0 Å². The Bertz CT molecular complexity index is 1890. The molecule has 2 fully saturated rings. The Morgan fingerprint density at radius 1 is 1.05 bits per heavy atom. The van der Waals surface area contributed by atoms with Gasteiger partial charge in [0.25, 0.3) is 0 Å². The molecule has 3 aliphatic rings. The first-order chi connectivity index (χ1) is 26.9. The number of nitrogens with zero attached hydrogens (tertiary/aromatic N) is 5. The lowest BCUT2D eigenvalue weighted by molar-refractivity contribution is 0.125. The third-order valence-corrected chi connectivity index (χ3v) is 9.47. The molecule has 2 aliphatic heterocycles. The van der Waals surface area contributed by atoms with Gasteiger partial charge >= 0.3 is 0 Å². The minimum atomic E-state index is -0.340. The average molecular weight is 762 g/mol. The second kappa shape index (κ2) is 23.0. The number of aromatic nitrogens is 2. The standard InChI is InChI=1S/C20H25N5.C19H24FN3.C7H15N/c1-4-6-19(25-13-20(3,21)14-25)16(5-2)24-12-15-7-8-17-18(11-15)23-10-9-22-17;1-5-8-11-22-19-12-15(9-10-17(19)21)13-23-18(7-3)14(4)16(20)6-2;1-3-4-7-5-8(2)6-7/h4-11,24H,1,12-14,21H2,2-3H3;6-12,21,23H,2,5,13H2,1,3-4H3;7H,3-6H2,1-2H3/b16-5+,19-6+;11-8-,16-14+,18-7+,21-17?,22-19?;. The Balaban J connectivity index is 0.000000252. The fraction of sp³-hybridized carbons (Fsp3) is 0.391. The molecular formula is C46H64FN9. The van der Waals surface area contributed by atoms with Crippen molar-refractivity contribution in [3.63, 3.8) is 0 Å². The maximum absolute atomic E-state index is 13.6. The van der Waals surface area contributed by atoms with Crippen LogP contribution in [0.15, 0.2) is 144 Å². The van der Waals surface area contributed by atoms with Crippen molar-refractivity contribution in [1.29, 1.82) is 5.41 Å². The van der Waals surface area contributed by atoms with E-state index < -0.39 is 0 Å². The SMILES string of the molecule is C=C/C(F)=C(C)\C(=C/C)NCC1=CC(=N/C=C\CC)C(=N)C=C1.C=C/C=C(\C(=C/C)NCc1ccc2nccnc2c1)N1CC(C)(N)C1.CCCC1CN(C)C1. The van der Waals surface area contributed by atoms with Crippen molar-refractivity contribution in [3.05, 3.63) is 144 Å². The lowest BCUT2D eigenvalue weighted by atomic mass is 9.92. The Morgan fingerprint density at radius 3 is 2.32 bits per heavy atom. The highest BCUT2D eigenvalue weighted by molar-refractivity contribution is 6.50. The molecule has 1 aromatic heterocycles. The van der Waals surface area contributed by atoms with Crippen LogP contribution in [0.2, 0.25) is 0 Å². The number of allylic oxidation sites excluding steroid dienone is 10. The zero-order chi connectivity index (χ0) is 41.1. The van der Waals surface area contributed by atoms with Crippen LogP contribution >= 0.6 is 0 Å². The van der Waals surface area contributed by atoms with E-state index in [1.807, 2.05) is 63.3 Å². The van der Waals surface area contributed by atoms with Crippen LogP contribution in [0.5, 0.6) is 0 Å². The van der Waals surface area contributed by atoms with Crippen molar-refractivity contribution in [3.8, 4) is 0 Å². The maximum Gasteiger partial charge on any atom is 0.127 e. The second-order valence-corrected chi connectivity index (χ2v) is 14.6. The normalized spacial score (nSPS) is 18.6. The molecule has 0 unspecified atom stereocenters. The van der Waals surface area contributed by atoms with Gasteiger partial charge in [-0.2, -0.15) is 0 Å². The molecule has 0 saturated carbocycles. The molecule has 2 aromatic rings. The van der Waals surface area contributed by atoms with E-state index in [0.717, 1.165) is 64.7 Å². The predicted molar refractivity (Wildman–Crippen MR) is 236 cm³/mol. The van der Waals surface area contributed by atoms with Crippen molar-refractivity contribution in [2.75, 3.05) is 39.8 Å². The van der Waals surface area contributed by atoms with E-state index in [0.29, 0.717) is 30.1 Å². The first-order valence-corrected chi connectivity index (χ1v) is 19.6. The van der Waals surface area contributed by atoms with Gasteiger partial charge < -0.3 is 26.2 Å². The molecule has 1 aliphatic carbocycles. The number of nitrogens with two attached hydrogens (primary N) is 1. The maximum atomic E-state index is 13.6. The van der Waals surface area contributed by atoms with Crippen molar-refractivity contribution in [1.82, 2.24) is 30.4 Å². The summed E-state index contributed by atoms with van der Waals surface area (Å²) < 4.78 is 13.6. The molecule has 2 saturated heterocycles. The third-order valence-electron chi connectivity index (χ3n) is 9.47. The van der Waals surface area contributed by atoms with Crippen molar-refractivity contribution < 1.29 is 4.39 Å². The van der Waals surface area contributed by atoms with E-state index in [1.54, 1.807) is 31.6 Å². The van der Waals surface area contributed by atoms with Gasteiger partial charge in [-0.25, -0.2) is 4.39 Å². The van der Waals surface area contributed by atoms with Crippen LogP contribution in [0.3, 0.4) is 0 Å². The Hall–Kier alpha value is -5.19. The molecule has 10 heteroatoms. The zero-order valence-electron chi connectivity index (χ0n) is 34.7. The monoisotopic (exact) mass is 762 g/mol. The quantitative estimate of drug-likeness (QED) is 0.106.